The molecule has 0 bridgehead atoms. The maximum absolute atomic E-state index is 12.7. The number of aromatic carboxylic acids is 1. The monoisotopic (exact) mass is 206 g/mol. The van der Waals surface area contributed by atoms with Crippen LogP contribution in [0.4, 0.5) is 4.39 Å². The first-order chi connectivity index (χ1) is 5.52. The van der Waals surface area contributed by atoms with Crippen LogP contribution < -0.4 is 0 Å². The highest BCUT2D eigenvalue weighted by Crippen LogP contribution is 2.22. The van der Waals surface area contributed by atoms with Gasteiger partial charge in [-0.1, -0.05) is 11.6 Å². The van der Waals surface area contributed by atoms with E-state index in [1.54, 1.807) is 0 Å². The minimum absolute atomic E-state index is 0.0307. The quantitative estimate of drug-likeness (QED) is 0.693. The zero-order chi connectivity index (χ0) is 9.30. The molecule has 1 aromatic rings. The summed E-state index contributed by atoms with van der Waals surface area (Å²) >= 11 is 9.15. The molecule has 0 aliphatic heterocycles. The van der Waals surface area contributed by atoms with E-state index < -0.39 is 11.8 Å². The predicted molar refractivity (Wildman–Crippen MR) is 45.6 cm³/mol. The summed E-state index contributed by atoms with van der Waals surface area (Å²) in [6, 6.07) is 2.00. The Bertz CT molecular complexity index is 340. The van der Waals surface area contributed by atoms with E-state index in [0.717, 1.165) is 12.1 Å². The van der Waals surface area contributed by atoms with Gasteiger partial charge < -0.3 is 5.11 Å². The van der Waals surface area contributed by atoms with Gasteiger partial charge in [0.25, 0.3) is 0 Å². The number of carboxylic acid groups (broad SMARTS) is 1. The summed E-state index contributed by atoms with van der Waals surface area (Å²) in [6.07, 6.45) is 0. The molecule has 0 unspecified atom stereocenters. The van der Waals surface area contributed by atoms with Gasteiger partial charge in [-0.25, -0.2) is 9.18 Å². The lowest BCUT2D eigenvalue weighted by Crippen LogP contribution is -1.98. The van der Waals surface area contributed by atoms with E-state index in [1.807, 2.05) is 0 Å². The number of thiol groups is 1. The highest BCUT2D eigenvalue weighted by Gasteiger charge is 2.11. The van der Waals surface area contributed by atoms with Crippen molar-refractivity contribution in [2.45, 2.75) is 4.90 Å². The second-order valence-electron chi connectivity index (χ2n) is 2.09. The molecule has 1 rings (SSSR count). The van der Waals surface area contributed by atoms with Crippen LogP contribution in [0.5, 0.6) is 0 Å². The number of carbonyl (C=O) groups is 1. The van der Waals surface area contributed by atoms with Crippen LogP contribution >= 0.6 is 24.2 Å². The standard InChI is InChI=1S/C7H4ClFO2S/c8-4-2-5(9)6(12)1-3(4)7(10)11/h1-2,12H,(H,10,11). The first-order valence-corrected chi connectivity index (χ1v) is 3.76. The lowest BCUT2D eigenvalue weighted by molar-refractivity contribution is 0.0696. The summed E-state index contributed by atoms with van der Waals surface area (Å²) in [5, 5.41) is 8.41. The zero-order valence-electron chi connectivity index (χ0n) is 5.71. The molecule has 0 aliphatic rings. The fourth-order valence-corrected chi connectivity index (χ4v) is 1.13. The van der Waals surface area contributed by atoms with E-state index in [1.165, 1.54) is 0 Å². The van der Waals surface area contributed by atoms with Gasteiger partial charge in [-0.15, -0.1) is 12.6 Å². The Morgan fingerprint density at radius 3 is 2.67 bits per heavy atom. The van der Waals surface area contributed by atoms with Gasteiger partial charge in [-0.2, -0.15) is 0 Å². The van der Waals surface area contributed by atoms with Crippen LogP contribution in [0.2, 0.25) is 5.02 Å². The Labute approximate surface area is 78.4 Å². The van der Waals surface area contributed by atoms with E-state index in [9.17, 15) is 9.18 Å². The number of carboxylic acids is 1. The fraction of sp³-hybridized carbons (Fsp3) is 0. The second kappa shape index (κ2) is 3.33. The second-order valence-corrected chi connectivity index (χ2v) is 2.98. The van der Waals surface area contributed by atoms with Crippen molar-refractivity contribution in [3.63, 3.8) is 0 Å². The van der Waals surface area contributed by atoms with Crippen molar-refractivity contribution in [2.24, 2.45) is 0 Å². The van der Waals surface area contributed by atoms with E-state index >= 15 is 0 Å². The Morgan fingerprint density at radius 1 is 1.58 bits per heavy atom. The minimum Gasteiger partial charge on any atom is -0.478 e. The maximum Gasteiger partial charge on any atom is 0.337 e. The van der Waals surface area contributed by atoms with Gasteiger partial charge in [-0.05, 0) is 12.1 Å². The summed E-state index contributed by atoms with van der Waals surface area (Å²) < 4.78 is 12.7. The number of hydrogen-bond donors (Lipinski definition) is 2. The van der Waals surface area contributed by atoms with Gasteiger partial charge in [0.05, 0.1) is 10.6 Å². The molecule has 0 radical (unpaired) electrons. The Hall–Kier alpha value is -0.740. The van der Waals surface area contributed by atoms with Gasteiger partial charge in [0, 0.05) is 4.90 Å². The summed E-state index contributed by atoms with van der Waals surface area (Å²) in [4.78, 5) is 10.4. The predicted octanol–water partition coefficient (Wildman–Crippen LogP) is 2.47. The van der Waals surface area contributed by atoms with E-state index in [4.69, 9.17) is 16.7 Å². The average molecular weight is 207 g/mol. The molecule has 12 heavy (non-hydrogen) atoms. The molecule has 1 aromatic carbocycles. The molecule has 0 fully saturated rings. The molecule has 2 nitrogen and oxygen atoms in total. The number of benzene rings is 1. The molecule has 0 aromatic heterocycles. The van der Waals surface area contributed by atoms with Gasteiger partial charge in [0.15, 0.2) is 0 Å². The van der Waals surface area contributed by atoms with Crippen LogP contribution in [0.3, 0.4) is 0 Å². The van der Waals surface area contributed by atoms with Gasteiger partial charge >= 0.3 is 5.97 Å². The largest absolute Gasteiger partial charge is 0.478 e. The molecule has 0 atom stereocenters. The Morgan fingerprint density at radius 2 is 2.17 bits per heavy atom. The molecular weight excluding hydrogens is 203 g/mol. The van der Waals surface area contributed by atoms with Crippen LogP contribution in [0.1, 0.15) is 10.4 Å². The van der Waals surface area contributed by atoms with Crippen molar-refractivity contribution in [1.29, 1.82) is 0 Å². The smallest absolute Gasteiger partial charge is 0.337 e. The topological polar surface area (TPSA) is 37.3 Å². The van der Waals surface area contributed by atoms with Crippen LogP contribution in [-0.2, 0) is 0 Å². The lowest BCUT2D eigenvalue weighted by atomic mass is 10.2. The fourth-order valence-electron chi connectivity index (χ4n) is 0.701. The third kappa shape index (κ3) is 1.70. The number of halogens is 2. The third-order valence-corrected chi connectivity index (χ3v) is 1.92. The molecule has 0 saturated heterocycles. The molecule has 0 heterocycles. The lowest BCUT2D eigenvalue weighted by Gasteiger charge is -2.00. The Kier molecular flexibility index (Phi) is 2.59. The van der Waals surface area contributed by atoms with Crippen LogP contribution in [0.15, 0.2) is 17.0 Å². The van der Waals surface area contributed by atoms with Gasteiger partial charge in [0.1, 0.15) is 5.82 Å². The van der Waals surface area contributed by atoms with Crippen LogP contribution in [0, 0.1) is 5.82 Å². The molecule has 0 spiro atoms. The van der Waals surface area contributed by atoms with Crippen molar-refractivity contribution in [1.82, 2.24) is 0 Å². The van der Waals surface area contributed by atoms with Crippen molar-refractivity contribution >= 4 is 30.2 Å². The molecule has 64 valence electrons. The van der Waals surface area contributed by atoms with E-state index in [0.29, 0.717) is 0 Å². The van der Waals surface area contributed by atoms with Crippen LogP contribution in [0.25, 0.3) is 0 Å². The minimum atomic E-state index is -1.20. The summed E-state index contributed by atoms with van der Waals surface area (Å²) in [5.74, 6) is -1.83. The summed E-state index contributed by atoms with van der Waals surface area (Å²) in [6.45, 7) is 0. The van der Waals surface area contributed by atoms with E-state index in [-0.39, 0.29) is 15.5 Å². The molecule has 5 heteroatoms. The molecule has 0 amide bonds. The molecular formula is C7H4ClFO2S. The first kappa shape index (κ1) is 9.35. The molecule has 0 saturated carbocycles. The normalized spacial score (nSPS) is 9.92. The number of hydrogen-bond acceptors (Lipinski definition) is 2. The zero-order valence-corrected chi connectivity index (χ0v) is 7.36. The molecule has 1 N–H and O–H groups in total. The van der Waals surface area contributed by atoms with Crippen molar-refractivity contribution < 1.29 is 14.3 Å². The SMILES string of the molecule is O=C(O)c1cc(S)c(F)cc1Cl. The molecule has 0 aliphatic carbocycles. The number of rotatable bonds is 1. The maximum atomic E-state index is 12.7. The highest BCUT2D eigenvalue weighted by molar-refractivity contribution is 7.80. The van der Waals surface area contributed by atoms with Gasteiger partial charge in [0.2, 0.25) is 0 Å². The van der Waals surface area contributed by atoms with Crippen molar-refractivity contribution in [2.75, 3.05) is 0 Å². The van der Waals surface area contributed by atoms with E-state index in [2.05, 4.69) is 12.6 Å². The highest BCUT2D eigenvalue weighted by atomic mass is 35.5. The van der Waals surface area contributed by atoms with Crippen molar-refractivity contribution in [3.8, 4) is 0 Å². The average Bonchev–Trinajstić information content (AvgIpc) is 1.96. The first-order valence-electron chi connectivity index (χ1n) is 2.93. The summed E-state index contributed by atoms with van der Waals surface area (Å²) in [7, 11) is 0. The van der Waals surface area contributed by atoms with Crippen molar-refractivity contribution in [3.05, 3.63) is 28.5 Å². The van der Waals surface area contributed by atoms with Gasteiger partial charge in [-0.3, -0.25) is 0 Å². The summed E-state index contributed by atoms with van der Waals surface area (Å²) in [5.41, 5.74) is -0.150. The third-order valence-electron chi connectivity index (χ3n) is 1.27. The Balaban J connectivity index is 3.33. The van der Waals surface area contributed by atoms with Crippen LogP contribution in [-0.4, -0.2) is 11.1 Å².